The molecule has 1 aliphatic rings. The summed E-state index contributed by atoms with van der Waals surface area (Å²) in [4.78, 5) is 13.3. The summed E-state index contributed by atoms with van der Waals surface area (Å²) in [6.45, 7) is 3.79. The third-order valence-electron chi connectivity index (χ3n) is 2.52. The van der Waals surface area contributed by atoms with Gasteiger partial charge in [-0.25, -0.2) is 0 Å². The molecular weight excluding hydrogens is 178 g/mol. The fourth-order valence-corrected chi connectivity index (χ4v) is 1.83. The summed E-state index contributed by atoms with van der Waals surface area (Å²) in [5, 5.41) is 9.89. The van der Waals surface area contributed by atoms with E-state index >= 15 is 0 Å². The van der Waals surface area contributed by atoms with E-state index in [2.05, 4.69) is 0 Å². The van der Waals surface area contributed by atoms with Crippen molar-refractivity contribution in [3.05, 3.63) is 35.4 Å². The van der Waals surface area contributed by atoms with Crippen LogP contribution in [0.3, 0.4) is 0 Å². The molecule has 3 heteroatoms. The summed E-state index contributed by atoms with van der Waals surface area (Å²) in [6.07, 6.45) is -0.779. The minimum atomic E-state index is -0.779. The summed E-state index contributed by atoms with van der Waals surface area (Å²) in [5.41, 5.74) is 1.33. The number of fused-ring (bicyclic) bond motifs is 1. The van der Waals surface area contributed by atoms with Gasteiger partial charge in [-0.05, 0) is 19.9 Å². The number of carbonyl (C=O) groups is 1. The molecule has 74 valence electrons. The molecule has 3 nitrogen and oxygen atoms in total. The molecule has 1 unspecified atom stereocenters. The van der Waals surface area contributed by atoms with Gasteiger partial charge in [-0.3, -0.25) is 4.79 Å². The van der Waals surface area contributed by atoms with Crippen LogP contribution in [0.15, 0.2) is 24.3 Å². The van der Waals surface area contributed by atoms with E-state index < -0.39 is 6.23 Å². The van der Waals surface area contributed by atoms with Gasteiger partial charge in [0.05, 0.1) is 0 Å². The predicted octanol–water partition coefficient (Wildman–Crippen LogP) is 1.54. The van der Waals surface area contributed by atoms with Gasteiger partial charge >= 0.3 is 0 Å². The van der Waals surface area contributed by atoms with Gasteiger partial charge in [0, 0.05) is 17.2 Å². The van der Waals surface area contributed by atoms with E-state index in [9.17, 15) is 9.90 Å². The van der Waals surface area contributed by atoms with Gasteiger partial charge in [-0.15, -0.1) is 0 Å². The first kappa shape index (κ1) is 9.21. The van der Waals surface area contributed by atoms with E-state index in [4.69, 9.17) is 0 Å². The Balaban J connectivity index is 2.48. The van der Waals surface area contributed by atoms with E-state index in [-0.39, 0.29) is 11.9 Å². The van der Waals surface area contributed by atoms with E-state index in [1.165, 1.54) is 4.90 Å². The number of hydrogen-bond acceptors (Lipinski definition) is 2. The quantitative estimate of drug-likeness (QED) is 0.731. The number of hydrogen-bond donors (Lipinski definition) is 1. The zero-order valence-corrected chi connectivity index (χ0v) is 8.27. The highest BCUT2D eigenvalue weighted by Crippen LogP contribution is 2.32. The Hall–Kier alpha value is -1.35. The molecule has 1 aliphatic heterocycles. The van der Waals surface area contributed by atoms with Gasteiger partial charge in [0.15, 0.2) is 6.23 Å². The maximum absolute atomic E-state index is 11.8. The maximum atomic E-state index is 11.8. The molecule has 0 saturated carbocycles. The van der Waals surface area contributed by atoms with E-state index in [1.54, 1.807) is 12.1 Å². The Labute approximate surface area is 83.0 Å². The smallest absolute Gasteiger partial charge is 0.256 e. The molecule has 1 atom stereocenters. The third kappa shape index (κ3) is 1.13. The fraction of sp³-hybridized carbons (Fsp3) is 0.364. The molecule has 1 N–H and O–H groups in total. The lowest BCUT2D eigenvalue weighted by molar-refractivity contribution is 0.00371. The SMILES string of the molecule is CC(C)N1C(=O)c2ccccc2C1O. The normalized spacial score (nSPS) is 20.4. The Morgan fingerprint density at radius 3 is 2.57 bits per heavy atom. The maximum Gasteiger partial charge on any atom is 0.256 e. The largest absolute Gasteiger partial charge is 0.369 e. The average Bonchev–Trinajstić information content (AvgIpc) is 2.41. The lowest BCUT2D eigenvalue weighted by Crippen LogP contribution is -2.34. The number of amides is 1. The van der Waals surface area contributed by atoms with Crippen LogP contribution in [0.2, 0.25) is 0 Å². The second-order valence-electron chi connectivity index (χ2n) is 3.77. The number of aliphatic hydroxyl groups excluding tert-OH is 1. The van der Waals surface area contributed by atoms with E-state index in [0.717, 1.165) is 0 Å². The second-order valence-corrected chi connectivity index (χ2v) is 3.77. The van der Waals surface area contributed by atoms with E-state index in [0.29, 0.717) is 11.1 Å². The Bertz CT molecular complexity index is 373. The second kappa shape index (κ2) is 3.10. The monoisotopic (exact) mass is 191 g/mol. The molecule has 0 fully saturated rings. The number of benzene rings is 1. The van der Waals surface area contributed by atoms with Gasteiger partial charge in [-0.1, -0.05) is 18.2 Å². The van der Waals surface area contributed by atoms with Crippen LogP contribution in [0.1, 0.15) is 36.0 Å². The molecule has 0 aromatic heterocycles. The first-order valence-corrected chi connectivity index (χ1v) is 4.72. The molecule has 1 aromatic carbocycles. The van der Waals surface area contributed by atoms with Gasteiger partial charge < -0.3 is 10.0 Å². The number of nitrogens with zero attached hydrogens (tertiary/aromatic N) is 1. The van der Waals surface area contributed by atoms with Crippen molar-refractivity contribution in [2.24, 2.45) is 0 Å². The van der Waals surface area contributed by atoms with Crippen LogP contribution in [0, 0.1) is 0 Å². The van der Waals surface area contributed by atoms with Gasteiger partial charge in [0.1, 0.15) is 0 Å². The van der Waals surface area contributed by atoms with Crippen molar-refractivity contribution in [3.8, 4) is 0 Å². The lowest BCUT2D eigenvalue weighted by atomic mass is 10.1. The van der Waals surface area contributed by atoms with Crippen LogP contribution in [0.5, 0.6) is 0 Å². The molecule has 1 amide bonds. The number of rotatable bonds is 1. The highest BCUT2D eigenvalue weighted by Gasteiger charge is 2.36. The summed E-state index contributed by atoms with van der Waals surface area (Å²) >= 11 is 0. The Kier molecular flexibility index (Phi) is 2.04. The minimum Gasteiger partial charge on any atom is -0.369 e. The summed E-state index contributed by atoms with van der Waals surface area (Å²) < 4.78 is 0. The van der Waals surface area contributed by atoms with Crippen LogP contribution in [-0.2, 0) is 0 Å². The zero-order valence-electron chi connectivity index (χ0n) is 8.27. The first-order chi connectivity index (χ1) is 6.63. The van der Waals surface area contributed by atoms with Gasteiger partial charge in [0.25, 0.3) is 5.91 Å². The highest BCUT2D eigenvalue weighted by atomic mass is 16.3. The Morgan fingerprint density at radius 1 is 1.36 bits per heavy atom. The van der Waals surface area contributed by atoms with Crippen molar-refractivity contribution in [2.45, 2.75) is 26.1 Å². The number of aliphatic hydroxyl groups is 1. The van der Waals surface area contributed by atoms with Crippen LogP contribution in [-0.4, -0.2) is 22.0 Å². The summed E-state index contributed by atoms with van der Waals surface area (Å²) in [5.74, 6) is -0.0805. The van der Waals surface area contributed by atoms with Crippen LogP contribution >= 0.6 is 0 Å². The van der Waals surface area contributed by atoms with Gasteiger partial charge in [0.2, 0.25) is 0 Å². The molecular formula is C11H13NO2. The predicted molar refractivity (Wildman–Crippen MR) is 52.7 cm³/mol. The number of carbonyl (C=O) groups excluding carboxylic acids is 1. The summed E-state index contributed by atoms with van der Waals surface area (Å²) in [7, 11) is 0. The zero-order chi connectivity index (χ0) is 10.3. The first-order valence-electron chi connectivity index (χ1n) is 4.72. The van der Waals surface area contributed by atoms with Crippen molar-refractivity contribution in [1.82, 2.24) is 4.90 Å². The third-order valence-corrected chi connectivity index (χ3v) is 2.52. The molecule has 0 radical (unpaired) electrons. The molecule has 0 aliphatic carbocycles. The minimum absolute atomic E-state index is 0.0184. The Morgan fingerprint density at radius 2 is 2.00 bits per heavy atom. The molecule has 1 aromatic rings. The molecule has 2 rings (SSSR count). The molecule has 14 heavy (non-hydrogen) atoms. The van der Waals surface area contributed by atoms with Crippen LogP contribution in [0.25, 0.3) is 0 Å². The lowest BCUT2D eigenvalue weighted by Gasteiger charge is -2.24. The molecule has 0 saturated heterocycles. The van der Waals surface area contributed by atoms with E-state index in [1.807, 2.05) is 26.0 Å². The van der Waals surface area contributed by atoms with Crippen molar-refractivity contribution in [3.63, 3.8) is 0 Å². The van der Waals surface area contributed by atoms with Crippen LogP contribution < -0.4 is 0 Å². The van der Waals surface area contributed by atoms with Crippen molar-refractivity contribution in [1.29, 1.82) is 0 Å². The van der Waals surface area contributed by atoms with Crippen molar-refractivity contribution >= 4 is 5.91 Å². The molecule has 0 bridgehead atoms. The molecule has 0 spiro atoms. The van der Waals surface area contributed by atoms with Crippen molar-refractivity contribution < 1.29 is 9.90 Å². The van der Waals surface area contributed by atoms with Crippen LogP contribution in [0.4, 0.5) is 0 Å². The van der Waals surface area contributed by atoms with Gasteiger partial charge in [-0.2, -0.15) is 0 Å². The van der Waals surface area contributed by atoms with Crippen molar-refractivity contribution in [2.75, 3.05) is 0 Å². The highest BCUT2D eigenvalue weighted by molar-refractivity contribution is 5.99. The standard InChI is InChI=1S/C11H13NO2/c1-7(2)12-10(13)8-5-3-4-6-9(8)11(12)14/h3-7,10,13H,1-2H3. The summed E-state index contributed by atoms with van der Waals surface area (Å²) in [6, 6.07) is 7.21. The topological polar surface area (TPSA) is 40.5 Å². The average molecular weight is 191 g/mol. The fourth-order valence-electron chi connectivity index (χ4n) is 1.83. The molecule has 1 heterocycles.